The molecule has 14 heteroatoms. The Hall–Kier alpha value is -3.78. The zero-order chi connectivity index (χ0) is 27.8. The number of nitro groups is 1. The van der Waals surface area contributed by atoms with Gasteiger partial charge in [-0.25, -0.2) is 10.1 Å². The van der Waals surface area contributed by atoms with Crippen molar-refractivity contribution in [3.63, 3.8) is 0 Å². The normalized spacial score (nSPS) is 14.5. The molecule has 0 spiro atoms. The molecule has 8 N–H and O–H groups in total. The maximum Gasteiger partial charge on any atom is 0.266 e. The van der Waals surface area contributed by atoms with E-state index < -0.39 is 47.0 Å². The van der Waals surface area contributed by atoms with Gasteiger partial charge in [-0.15, -0.1) is 0 Å². The highest BCUT2D eigenvalue weighted by Gasteiger charge is 2.29. The molecule has 14 nitrogen and oxygen atoms in total. The van der Waals surface area contributed by atoms with Gasteiger partial charge < -0.3 is 37.4 Å². The van der Waals surface area contributed by atoms with Gasteiger partial charge in [-0.05, 0) is 45.2 Å². The highest BCUT2D eigenvalue weighted by molar-refractivity contribution is 5.90. The third-order valence-electron chi connectivity index (χ3n) is 5.55. The zero-order valence-electron chi connectivity index (χ0n) is 21.4. The summed E-state index contributed by atoms with van der Waals surface area (Å²) >= 11 is 0. The van der Waals surface area contributed by atoms with E-state index in [4.69, 9.17) is 5.73 Å². The number of hydrazone groups is 1. The summed E-state index contributed by atoms with van der Waals surface area (Å²) in [4.78, 5) is 48.0. The van der Waals surface area contributed by atoms with Crippen LogP contribution in [0.15, 0.2) is 35.4 Å². The summed E-state index contributed by atoms with van der Waals surface area (Å²) in [6.07, 6.45) is -0.0782. The van der Waals surface area contributed by atoms with Gasteiger partial charge in [0.05, 0.1) is 12.1 Å². The number of hydrogen-bond acceptors (Lipinski definition) is 7. The molecule has 0 heterocycles. The lowest BCUT2D eigenvalue weighted by atomic mass is 10.0. The molecule has 0 bridgehead atoms. The zero-order valence-corrected chi connectivity index (χ0v) is 21.4. The van der Waals surface area contributed by atoms with Crippen LogP contribution in [0.5, 0.6) is 0 Å². The average Bonchev–Trinajstić information content (AvgIpc) is 2.86. The first-order chi connectivity index (χ1) is 17.6. The Morgan fingerprint density at radius 3 is 2.35 bits per heavy atom. The number of nitrogens with two attached hydrogens (primary N) is 1. The van der Waals surface area contributed by atoms with E-state index in [0.29, 0.717) is 12.8 Å². The highest BCUT2D eigenvalue weighted by atomic mass is 16.7. The second-order valence-electron chi connectivity index (χ2n) is 8.36. The van der Waals surface area contributed by atoms with Crippen LogP contribution >= 0.6 is 0 Å². The van der Waals surface area contributed by atoms with Crippen molar-refractivity contribution in [2.45, 2.75) is 63.8 Å². The molecular weight excluding hydrogens is 484 g/mol. The molecule has 4 unspecified atom stereocenters. The summed E-state index contributed by atoms with van der Waals surface area (Å²) in [5.74, 6) is -1.99. The maximum atomic E-state index is 12.8. The van der Waals surface area contributed by atoms with Gasteiger partial charge in [-0.3, -0.25) is 14.4 Å². The predicted molar refractivity (Wildman–Crippen MR) is 138 cm³/mol. The van der Waals surface area contributed by atoms with Gasteiger partial charge in [0, 0.05) is 13.1 Å². The van der Waals surface area contributed by atoms with Crippen molar-refractivity contribution in [3.8, 4) is 0 Å². The number of nitrogens with one attached hydrogen (secondary N) is 5. The van der Waals surface area contributed by atoms with Crippen molar-refractivity contribution in [2.24, 2.45) is 10.8 Å². The van der Waals surface area contributed by atoms with Crippen molar-refractivity contribution in [3.05, 3.63) is 46.0 Å². The average molecular weight is 523 g/mol. The fourth-order valence-corrected chi connectivity index (χ4v) is 3.44. The van der Waals surface area contributed by atoms with E-state index >= 15 is 0 Å². The number of aliphatic hydroxyl groups excluding tert-OH is 1. The topological polar surface area (TPSA) is 213 Å². The first-order valence-corrected chi connectivity index (χ1v) is 12.1. The van der Waals surface area contributed by atoms with E-state index in [1.807, 2.05) is 37.3 Å². The third-order valence-corrected chi connectivity index (χ3v) is 5.55. The summed E-state index contributed by atoms with van der Waals surface area (Å²) in [6, 6.07) is 7.09. The minimum absolute atomic E-state index is 0.131. The molecule has 0 fully saturated rings. The summed E-state index contributed by atoms with van der Waals surface area (Å²) in [6.45, 7) is 3.75. The molecule has 206 valence electrons. The van der Waals surface area contributed by atoms with Crippen LogP contribution < -0.4 is 32.3 Å². The minimum atomic E-state index is -1.58. The molecule has 0 aliphatic carbocycles. The number of aliphatic hydroxyl groups is 1. The van der Waals surface area contributed by atoms with Crippen LogP contribution in [0.3, 0.4) is 0 Å². The van der Waals surface area contributed by atoms with Crippen LogP contribution in [-0.4, -0.2) is 78.2 Å². The number of likely N-dealkylation sites (N-methyl/N-ethyl adjacent to an activating group) is 1. The molecule has 0 aromatic heterocycles. The van der Waals surface area contributed by atoms with Gasteiger partial charge in [0.2, 0.25) is 11.8 Å². The third kappa shape index (κ3) is 12.1. The monoisotopic (exact) mass is 522 g/mol. The summed E-state index contributed by atoms with van der Waals surface area (Å²) in [7, 11) is 1.64. The molecule has 0 aliphatic heterocycles. The van der Waals surface area contributed by atoms with Crippen LogP contribution in [-0.2, 0) is 20.8 Å². The summed E-state index contributed by atoms with van der Waals surface area (Å²) in [5.41, 5.74) is 6.40. The highest BCUT2D eigenvalue weighted by Crippen LogP contribution is 2.06. The lowest BCUT2D eigenvalue weighted by Gasteiger charge is -2.26. The van der Waals surface area contributed by atoms with Crippen molar-refractivity contribution in [2.75, 3.05) is 20.1 Å². The number of carbonyl (C=O) groups excluding carboxylic acids is 3. The number of carbonyl (C=O) groups is 3. The maximum absolute atomic E-state index is 12.8. The standard InChI is InChI=1S/C23H38N8O6/c1-4-17(25-3)21(34)28-15(2)20(33)29-18(11-8-13-27-23(24)30-31(36)37)19(32)22(35)26-14-12-16-9-6-5-7-10-16/h5-7,9-10,15,17-19,25,32H,4,8,11-14H2,1-3H3,(H,26,35)(H,28,34)(H,29,33)(H3,24,27,30). The molecule has 0 saturated heterocycles. The number of hydrogen-bond donors (Lipinski definition) is 7. The van der Waals surface area contributed by atoms with Crippen molar-refractivity contribution in [1.82, 2.24) is 26.6 Å². The Morgan fingerprint density at radius 1 is 1.08 bits per heavy atom. The second-order valence-corrected chi connectivity index (χ2v) is 8.36. The number of guanidine groups is 1. The molecule has 3 amide bonds. The molecule has 0 saturated carbocycles. The Labute approximate surface area is 216 Å². The van der Waals surface area contributed by atoms with E-state index in [2.05, 4.69) is 31.7 Å². The molecule has 1 rings (SSSR count). The molecule has 4 atom stereocenters. The first-order valence-electron chi connectivity index (χ1n) is 12.1. The van der Waals surface area contributed by atoms with E-state index in [-0.39, 0.29) is 31.8 Å². The number of rotatable bonds is 16. The lowest BCUT2D eigenvalue weighted by Crippen LogP contribution is -2.56. The summed E-state index contributed by atoms with van der Waals surface area (Å²) < 4.78 is 0. The van der Waals surface area contributed by atoms with E-state index in [0.717, 1.165) is 5.56 Å². The fourth-order valence-electron chi connectivity index (χ4n) is 3.44. The number of nitrogens with zero attached hydrogens (tertiary/aromatic N) is 2. The van der Waals surface area contributed by atoms with Gasteiger partial charge in [-0.1, -0.05) is 37.3 Å². The molecule has 0 aliphatic rings. The molecule has 1 aromatic carbocycles. The van der Waals surface area contributed by atoms with Crippen LogP contribution in [0.25, 0.3) is 0 Å². The second kappa shape index (κ2) is 16.8. The van der Waals surface area contributed by atoms with E-state index in [1.54, 1.807) is 7.05 Å². The predicted octanol–water partition coefficient (Wildman–Crippen LogP) is -1.43. The van der Waals surface area contributed by atoms with E-state index in [9.17, 15) is 29.6 Å². The smallest absolute Gasteiger partial charge is 0.266 e. The van der Waals surface area contributed by atoms with E-state index in [1.165, 1.54) is 6.92 Å². The quantitative estimate of drug-likeness (QED) is 0.0445. The van der Waals surface area contributed by atoms with Crippen LogP contribution in [0, 0.1) is 10.1 Å². The Morgan fingerprint density at radius 2 is 1.76 bits per heavy atom. The lowest BCUT2D eigenvalue weighted by molar-refractivity contribution is -0.485. The largest absolute Gasteiger partial charge is 0.381 e. The Kier molecular flexibility index (Phi) is 14.2. The van der Waals surface area contributed by atoms with Crippen molar-refractivity contribution in [1.29, 1.82) is 0 Å². The first kappa shape index (κ1) is 31.3. The van der Waals surface area contributed by atoms with Crippen molar-refractivity contribution >= 4 is 23.7 Å². The summed E-state index contributed by atoms with van der Waals surface area (Å²) in [5, 5.41) is 36.3. The van der Waals surface area contributed by atoms with Crippen LogP contribution in [0.1, 0.15) is 38.7 Å². The van der Waals surface area contributed by atoms with Crippen molar-refractivity contribution < 1.29 is 24.5 Å². The number of benzene rings is 1. The Bertz CT molecular complexity index is 910. The molecule has 37 heavy (non-hydrogen) atoms. The van der Waals surface area contributed by atoms with Gasteiger partial charge in [-0.2, -0.15) is 0 Å². The number of amides is 3. The fraction of sp³-hybridized carbons (Fsp3) is 0.565. The van der Waals surface area contributed by atoms with Gasteiger partial charge in [0.1, 0.15) is 11.1 Å². The van der Waals surface area contributed by atoms with Gasteiger partial charge >= 0.3 is 0 Å². The minimum Gasteiger partial charge on any atom is -0.381 e. The molecular formula is C23H38N8O6. The van der Waals surface area contributed by atoms with Gasteiger partial charge in [0.25, 0.3) is 11.9 Å². The van der Waals surface area contributed by atoms with Crippen LogP contribution in [0.4, 0.5) is 0 Å². The SMILES string of the molecule is CCC(NC)C(=O)NC(C)C(=O)NC(CCCN/C(N)=N/[N+](=O)[O-])C(O)C(=O)NCCc1ccccc1. The van der Waals surface area contributed by atoms with Gasteiger partial charge in [0.15, 0.2) is 11.1 Å². The molecule has 1 aromatic rings. The van der Waals surface area contributed by atoms with Crippen LogP contribution in [0.2, 0.25) is 0 Å². The Balaban J connectivity index is 2.77. The molecule has 0 radical (unpaired) electrons.